The Morgan fingerprint density at radius 3 is 2.46 bits per heavy atom. The van der Waals surface area contributed by atoms with E-state index in [4.69, 9.17) is 16.0 Å². The quantitative estimate of drug-likeness (QED) is 0.628. The number of sulfonamides is 1. The molecule has 0 radical (unpaired) electrons. The smallest absolute Gasteiger partial charge is 0.291 e. The van der Waals surface area contributed by atoms with Gasteiger partial charge in [-0.05, 0) is 31.2 Å². The van der Waals surface area contributed by atoms with E-state index in [0.717, 1.165) is 10.9 Å². The third-order valence-electron chi connectivity index (χ3n) is 4.56. The number of nitrogens with zero attached hydrogens (tertiary/aromatic N) is 1. The van der Waals surface area contributed by atoms with Gasteiger partial charge in [0.25, 0.3) is 5.91 Å². The van der Waals surface area contributed by atoms with Crippen LogP contribution in [0, 0.1) is 6.92 Å². The van der Waals surface area contributed by atoms with Crippen molar-refractivity contribution in [1.82, 2.24) is 4.31 Å². The van der Waals surface area contributed by atoms with E-state index in [0.29, 0.717) is 24.4 Å². The second-order valence-electron chi connectivity index (χ2n) is 6.24. The lowest BCUT2D eigenvalue weighted by Gasteiger charge is -2.19. The van der Waals surface area contributed by atoms with E-state index in [9.17, 15) is 13.2 Å². The van der Waals surface area contributed by atoms with Crippen LogP contribution >= 0.6 is 11.6 Å². The minimum absolute atomic E-state index is 0.0444. The molecule has 6 nitrogen and oxygen atoms in total. The minimum atomic E-state index is -3.76. The van der Waals surface area contributed by atoms with E-state index < -0.39 is 15.9 Å². The summed E-state index contributed by atoms with van der Waals surface area (Å²) in [4.78, 5) is 12.7. The van der Waals surface area contributed by atoms with Gasteiger partial charge in [-0.2, -0.15) is 4.31 Å². The Bertz CT molecular complexity index is 1130. The number of halogens is 1. The summed E-state index contributed by atoms with van der Waals surface area (Å²) in [6.45, 7) is 5.96. The van der Waals surface area contributed by atoms with E-state index in [1.165, 1.54) is 16.4 Å². The van der Waals surface area contributed by atoms with Gasteiger partial charge in [-0.1, -0.05) is 43.6 Å². The number of hydrogen-bond donors (Lipinski definition) is 1. The van der Waals surface area contributed by atoms with Crippen LogP contribution < -0.4 is 5.32 Å². The molecule has 3 rings (SSSR count). The number of nitrogens with one attached hydrogen (secondary N) is 1. The molecule has 1 N–H and O–H groups in total. The van der Waals surface area contributed by atoms with Crippen LogP contribution in [0.5, 0.6) is 0 Å². The van der Waals surface area contributed by atoms with Crippen molar-refractivity contribution in [2.75, 3.05) is 18.4 Å². The number of benzene rings is 2. The van der Waals surface area contributed by atoms with Crippen LogP contribution in [0.1, 0.15) is 30.0 Å². The summed E-state index contributed by atoms with van der Waals surface area (Å²) in [6.07, 6.45) is 0. The van der Waals surface area contributed by atoms with Crippen molar-refractivity contribution in [1.29, 1.82) is 0 Å². The average molecular weight is 421 g/mol. The summed E-state index contributed by atoms with van der Waals surface area (Å²) in [7, 11) is -3.76. The van der Waals surface area contributed by atoms with Gasteiger partial charge in [-0.3, -0.25) is 4.79 Å². The van der Waals surface area contributed by atoms with Crippen molar-refractivity contribution in [3.63, 3.8) is 0 Å². The predicted molar refractivity (Wildman–Crippen MR) is 110 cm³/mol. The number of carbonyl (C=O) groups excluding carboxylic acids is 1. The molecule has 3 aromatic rings. The lowest BCUT2D eigenvalue weighted by Crippen LogP contribution is -2.30. The van der Waals surface area contributed by atoms with Crippen molar-refractivity contribution in [2.45, 2.75) is 25.7 Å². The first kappa shape index (κ1) is 20.4. The summed E-state index contributed by atoms with van der Waals surface area (Å²) in [6, 6.07) is 11.7. The van der Waals surface area contributed by atoms with Gasteiger partial charge >= 0.3 is 0 Å². The Kier molecular flexibility index (Phi) is 5.79. The molecule has 0 unspecified atom stereocenters. The predicted octanol–water partition coefficient (Wildman–Crippen LogP) is 4.68. The standard InChI is InChI=1S/C20H21ClN2O4S/c1-4-23(5-2)28(25,26)18-12-14(10-11-16(18)21)22-20(24)19-13(3)15-8-6-7-9-17(15)27-19/h6-12H,4-5H2,1-3H3,(H,22,24). The van der Waals surface area contributed by atoms with Gasteiger partial charge in [0.1, 0.15) is 10.5 Å². The fourth-order valence-corrected chi connectivity index (χ4v) is 5.02. The summed E-state index contributed by atoms with van der Waals surface area (Å²) in [5.74, 6) is -0.272. The van der Waals surface area contributed by atoms with Crippen molar-refractivity contribution in [3.05, 3.63) is 58.8 Å². The van der Waals surface area contributed by atoms with E-state index >= 15 is 0 Å². The summed E-state index contributed by atoms with van der Waals surface area (Å²) >= 11 is 6.13. The number of carbonyl (C=O) groups is 1. The Labute approximate surface area is 169 Å². The van der Waals surface area contributed by atoms with Gasteiger partial charge in [-0.15, -0.1) is 0 Å². The third kappa shape index (κ3) is 3.65. The normalized spacial score (nSPS) is 11.9. The zero-order valence-corrected chi connectivity index (χ0v) is 17.4. The van der Waals surface area contributed by atoms with Crippen LogP contribution in [0.3, 0.4) is 0 Å². The number of rotatable bonds is 6. The number of para-hydroxylation sites is 1. The van der Waals surface area contributed by atoms with Crippen molar-refractivity contribution in [3.8, 4) is 0 Å². The number of aryl methyl sites for hydroxylation is 1. The van der Waals surface area contributed by atoms with Crippen molar-refractivity contribution < 1.29 is 17.6 Å². The molecule has 2 aromatic carbocycles. The number of hydrogen-bond acceptors (Lipinski definition) is 4. The molecule has 1 aromatic heterocycles. The molecular formula is C20H21ClN2O4S. The topological polar surface area (TPSA) is 79.6 Å². The van der Waals surface area contributed by atoms with Crippen molar-refractivity contribution >= 4 is 44.2 Å². The Morgan fingerprint density at radius 2 is 1.82 bits per heavy atom. The van der Waals surface area contributed by atoms with Crippen LogP contribution in [0.25, 0.3) is 11.0 Å². The van der Waals surface area contributed by atoms with E-state index in [2.05, 4.69) is 5.32 Å². The highest BCUT2D eigenvalue weighted by Crippen LogP contribution is 2.29. The molecule has 28 heavy (non-hydrogen) atoms. The third-order valence-corrected chi connectivity index (χ3v) is 7.09. The molecule has 1 heterocycles. The zero-order chi connectivity index (χ0) is 20.5. The molecule has 0 atom stereocenters. The van der Waals surface area contributed by atoms with Crippen molar-refractivity contribution in [2.24, 2.45) is 0 Å². The first-order valence-electron chi connectivity index (χ1n) is 8.88. The molecule has 0 spiro atoms. The molecule has 1 amide bonds. The van der Waals surface area contributed by atoms with Gasteiger partial charge in [0.15, 0.2) is 5.76 Å². The first-order chi connectivity index (χ1) is 13.3. The monoisotopic (exact) mass is 420 g/mol. The molecule has 0 saturated heterocycles. The van der Waals surface area contributed by atoms with E-state index in [-0.39, 0.29) is 15.7 Å². The van der Waals surface area contributed by atoms with Gasteiger partial charge in [0.05, 0.1) is 5.02 Å². The lowest BCUT2D eigenvalue weighted by molar-refractivity contribution is 0.0998. The highest BCUT2D eigenvalue weighted by molar-refractivity contribution is 7.89. The second-order valence-corrected chi connectivity index (χ2v) is 8.55. The first-order valence-corrected chi connectivity index (χ1v) is 10.7. The Balaban J connectivity index is 1.95. The number of amides is 1. The largest absolute Gasteiger partial charge is 0.451 e. The molecule has 0 aliphatic carbocycles. The van der Waals surface area contributed by atoms with Gasteiger partial charge in [0.2, 0.25) is 10.0 Å². The highest BCUT2D eigenvalue weighted by Gasteiger charge is 2.25. The number of fused-ring (bicyclic) bond motifs is 1. The summed E-state index contributed by atoms with van der Waals surface area (Å²) in [5.41, 5.74) is 1.66. The molecule has 0 fully saturated rings. The zero-order valence-electron chi connectivity index (χ0n) is 15.8. The molecule has 0 aliphatic rings. The lowest BCUT2D eigenvalue weighted by atomic mass is 10.1. The maximum atomic E-state index is 12.8. The fourth-order valence-electron chi connectivity index (χ4n) is 3.06. The summed E-state index contributed by atoms with van der Waals surface area (Å²) < 4.78 is 32.6. The van der Waals surface area contributed by atoms with Gasteiger partial charge in [0, 0.05) is 29.7 Å². The summed E-state index contributed by atoms with van der Waals surface area (Å²) in [5, 5.41) is 3.66. The van der Waals surface area contributed by atoms with Crippen LogP contribution in [-0.2, 0) is 10.0 Å². The molecule has 8 heteroatoms. The fraction of sp³-hybridized carbons (Fsp3) is 0.250. The van der Waals surface area contributed by atoms with Gasteiger partial charge in [-0.25, -0.2) is 8.42 Å². The minimum Gasteiger partial charge on any atom is -0.451 e. The average Bonchev–Trinajstić information content (AvgIpc) is 3.01. The SMILES string of the molecule is CCN(CC)S(=O)(=O)c1cc(NC(=O)c2oc3ccccc3c2C)ccc1Cl. The van der Waals surface area contributed by atoms with Gasteiger partial charge < -0.3 is 9.73 Å². The Morgan fingerprint density at radius 1 is 1.14 bits per heavy atom. The number of furan rings is 1. The maximum Gasteiger partial charge on any atom is 0.291 e. The molecule has 0 bridgehead atoms. The molecule has 0 aliphatic heterocycles. The molecule has 148 valence electrons. The van der Waals surface area contributed by atoms with E-state index in [1.54, 1.807) is 32.9 Å². The molecular weight excluding hydrogens is 400 g/mol. The highest BCUT2D eigenvalue weighted by atomic mass is 35.5. The van der Waals surface area contributed by atoms with Crippen LogP contribution in [0.4, 0.5) is 5.69 Å². The van der Waals surface area contributed by atoms with Crippen LogP contribution in [0.2, 0.25) is 5.02 Å². The second kappa shape index (κ2) is 7.95. The number of anilines is 1. The Hall–Kier alpha value is -2.35. The van der Waals surface area contributed by atoms with Crippen LogP contribution in [0.15, 0.2) is 51.8 Å². The van der Waals surface area contributed by atoms with Crippen LogP contribution in [-0.4, -0.2) is 31.7 Å². The molecule has 0 saturated carbocycles. The maximum absolute atomic E-state index is 12.8. The van der Waals surface area contributed by atoms with E-state index in [1.807, 2.05) is 18.2 Å².